The van der Waals surface area contributed by atoms with Crippen LogP contribution in [0.1, 0.15) is 40.0 Å². The van der Waals surface area contributed by atoms with Crippen molar-refractivity contribution in [3.63, 3.8) is 0 Å². The van der Waals surface area contributed by atoms with Crippen LogP contribution < -0.4 is 0 Å². The summed E-state index contributed by atoms with van der Waals surface area (Å²) in [5, 5.41) is 0. The van der Waals surface area contributed by atoms with E-state index in [0.717, 1.165) is 25.5 Å². The van der Waals surface area contributed by atoms with Gasteiger partial charge in [0, 0.05) is 6.61 Å². The predicted molar refractivity (Wildman–Crippen MR) is 52.6 cm³/mol. The van der Waals surface area contributed by atoms with E-state index in [2.05, 4.69) is 6.92 Å². The number of hydrogen-bond acceptors (Lipinski definition) is 2. The number of aldehydes is 1. The third-order valence-electron chi connectivity index (χ3n) is 3.29. The summed E-state index contributed by atoms with van der Waals surface area (Å²) in [4.78, 5) is 11.1. The van der Waals surface area contributed by atoms with Crippen LogP contribution in [0.5, 0.6) is 0 Å². The van der Waals surface area contributed by atoms with Crippen LogP contribution in [0.25, 0.3) is 0 Å². The Balaban J connectivity index is 2.64. The van der Waals surface area contributed by atoms with Gasteiger partial charge in [0.15, 0.2) is 0 Å². The SMILES string of the molecule is CCOC(C)C1(C=O)CCC(C)C1. The van der Waals surface area contributed by atoms with Crippen LogP contribution >= 0.6 is 0 Å². The fourth-order valence-electron chi connectivity index (χ4n) is 2.36. The first-order chi connectivity index (χ1) is 6.14. The first-order valence-corrected chi connectivity index (χ1v) is 5.22. The van der Waals surface area contributed by atoms with Crippen LogP contribution in [-0.4, -0.2) is 19.0 Å². The average molecular weight is 184 g/mol. The lowest BCUT2D eigenvalue weighted by molar-refractivity contribution is -0.124. The highest BCUT2D eigenvalue weighted by Crippen LogP contribution is 2.43. The smallest absolute Gasteiger partial charge is 0.128 e. The molecule has 0 bridgehead atoms. The summed E-state index contributed by atoms with van der Waals surface area (Å²) in [5.74, 6) is 0.674. The molecule has 0 heterocycles. The van der Waals surface area contributed by atoms with Crippen molar-refractivity contribution in [1.29, 1.82) is 0 Å². The van der Waals surface area contributed by atoms with E-state index in [1.54, 1.807) is 0 Å². The molecule has 1 saturated carbocycles. The second-order valence-corrected chi connectivity index (χ2v) is 4.30. The summed E-state index contributed by atoms with van der Waals surface area (Å²) >= 11 is 0. The number of ether oxygens (including phenoxy) is 1. The maximum atomic E-state index is 11.1. The monoisotopic (exact) mass is 184 g/mol. The first-order valence-electron chi connectivity index (χ1n) is 5.22. The third-order valence-corrected chi connectivity index (χ3v) is 3.29. The average Bonchev–Trinajstić information content (AvgIpc) is 2.49. The number of hydrogen-bond donors (Lipinski definition) is 0. The van der Waals surface area contributed by atoms with Gasteiger partial charge in [-0.1, -0.05) is 6.92 Å². The number of carbonyl (C=O) groups excluding carboxylic acids is 1. The zero-order chi connectivity index (χ0) is 9.90. The van der Waals surface area contributed by atoms with Gasteiger partial charge in [0.25, 0.3) is 0 Å². The Hall–Kier alpha value is -0.370. The van der Waals surface area contributed by atoms with E-state index in [4.69, 9.17) is 4.74 Å². The molecule has 2 nitrogen and oxygen atoms in total. The van der Waals surface area contributed by atoms with Gasteiger partial charge in [-0.15, -0.1) is 0 Å². The molecule has 1 aliphatic carbocycles. The Labute approximate surface area is 80.7 Å². The molecule has 0 aromatic carbocycles. The van der Waals surface area contributed by atoms with Gasteiger partial charge >= 0.3 is 0 Å². The lowest BCUT2D eigenvalue weighted by Gasteiger charge is -2.29. The minimum atomic E-state index is -0.185. The molecule has 0 N–H and O–H groups in total. The molecule has 1 aliphatic rings. The first kappa shape index (κ1) is 10.7. The zero-order valence-corrected chi connectivity index (χ0v) is 8.88. The predicted octanol–water partition coefficient (Wildman–Crippen LogP) is 2.42. The molecule has 0 aliphatic heterocycles. The molecule has 1 rings (SSSR count). The van der Waals surface area contributed by atoms with Crippen molar-refractivity contribution in [2.75, 3.05) is 6.61 Å². The van der Waals surface area contributed by atoms with Crippen molar-refractivity contribution in [2.45, 2.75) is 46.1 Å². The molecule has 0 spiro atoms. The Morgan fingerprint density at radius 2 is 2.38 bits per heavy atom. The highest BCUT2D eigenvalue weighted by Gasteiger charge is 2.42. The van der Waals surface area contributed by atoms with Crippen LogP contribution in [0.15, 0.2) is 0 Å². The van der Waals surface area contributed by atoms with Gasteiger partial charge in [-0.25, -0.2) is 0 Å². The Morgan fingerprint density at radius 3 is 2.77 bits per heavy atom. The van der Waals surface area contributed by atoms with Gasteiger partial charge in [0.2, 0.25) is 0 Å². The van der Waals surface area contributed by atoms with Crippen LogP contribution in [-0.2, 0) is 9.53 Å². The van der Waals surface area contributed by atoms with Gasteiger partial charge in [-0.3, -0.25) is 0 Å². The van der Waals surface area contributed by atoms with Gasteiger partial charge < -0.3 is 9.53 Å². The summed E-state index contributed by atoms with van der Waals surface area (Å²) in [5.41, 5.74) is -0.185. The molecule has 3 unspecified atom stereocenters. The Morgan fingerprint density at radius 1 is 1.69 bits per heavy atom. The third kappa shape index (κ3) is 2.11. The van der Waals surface area contributed by atoms with E-state index < -0.39 is 0 Å². The van der Waals surface area contributed by atoms with E-state index in [1.807, 2.05) is 13.8 Å². The molecule has 76 valence electrons. The van der Waals surface area contributed by atoms with Crippen molar-refractivity contribution >= 4 is 6.29 Å². The molecule has 0 amide bonds. The summed E-state index contributed by atoms with van der Waals surface area (Å²) in [6.45, 7) is 6.92. The molecule has 0 radical (unpaired) electrons. The Bertz CT molecular complexity index is 179. The highest BCUT2D eigenvalue weighted by atomic mass is 16.5. The number of carbonyl (C=O) groups is 1. The second kappa shape index (κ2) is 4.23. The lowest BCUT2D eigenvalue weighted by atomic mass is 9.82. The molecule has 1 fully saturated rings. The summed E-state index contributed by atoms with van der Waals surface area (Å²) in [6, 6.07) is 0. The summed E-state index contributed by atoms with van der Waals surface area (Å²) in [7, 11) is 0. The molecule has 0 saturated heterocycles. The van der Waals surface area contributed by atoms with Gasteiger partial charge in [-0.05, 0) is 39.0 Å². The van der Waals surface area contributed by atoms with E-state index in [9.17, 15) is 4.79 Å². The van der Waals surface area contributed by atoms with Gasteiger partial charge in [-0.2, -0.15) is 0 Å². The highest BCUT2D eigenvalue weighted by molar-refractivity contribution is 5.61. The zero-order valence-electron chi connectivity index (χ0n) is 8.88. The van der Waals surface area contributed by atoms with Crippen molar-refractivity contribution in [1.82, 2.24) is 0 Å². The van der Waals surface area contributed by atoms with Crippen LogP contribution in [0, 0.1) is 11.3 Å². The maximum absolute atomic E-state index is 11.1. The fraction of sp³-hybridized carbons (Fsp3) is 0.909. The molecule has 13 heavy (non-hydrogen) atoms. The summed E-state index contributed by atoms with van der Waals surface area (Å²) in [6.07, 6.45) is 4.36. The lowest BCUT2D eigenvalue weighted by Crippen LogP contribution is -2.34. The largest absolute Gasteiger partial charge is 0.378 e. The van der Waals surface area contributed by atoms with Gasteiger partial charge in [0.1, 0.15) is 6.29 Å². The minimum absolute atomic E-state index is 0.0833. The van der Waals surface area contributed by atoms with E-state index >= 15 is 0 Å². The number of rotatable bonds is 4. The summed E-state index contributed by atoms with van der Waals surface area (Å²) < 4.78 is 5.54. The van der Waals surface area contributed by atoms with Crippen LogP contribution in [0.4, 0.5) is 0 Å². The topological polar surface area (TPSA) is 26.3 Å². The van der Waals surface area contributed by atoms with E-state index in [-0.39, 0.29) is 11.5 Å². The maximum Gasteiger partial charge on any atom is 0.128 e. The fourth-order valence-corrected chi connectivity index (χ4v) is 2.36. The standard InChI is InChI=1S/C11H20O2/c1-4-13-10(3)11(8-12)6-5-9(2)7-11/h8-10H,4-7H2,1-3H3. The minimum Gasteiger partial charge on any atom is -0.378 e. The molecule has 3 atom stereocenters. The van der Waals surface area contributed by atoms with E-state index in [0.29, 0.717) is 12.5 Å². The molecule has 0 aromatic heterocycles. The molecule has 0 aromatic rings. The van der Waals surface area contributed by atoms with Crippen LogP contribution in [0.2, 0.25) is 0 Å². The Kier molecular flexibility index (Phi) is 3.48. The van der Waals surface area contributed by atoms with Crippen molar-refractivity contribution in [3.8, 4) is 0 Å². The normalized spacial score (nSPS) is 36.1. The second-order valence-electron chi connectivity index (χ2n) is 4.30. The molecular weight excluding hydrogens is 164 g/mol. The van der Waals surface area contributed by atoms with E-state index in [1.165, 1.54) is 0 Å². The van der Waals surface area contributed by atoms with Crippen LogP contribution in [0.3, 0.4) is 0 Å². The molecule has 2 heteroatoms. The van der Waals surface area contributed by atoms with Crippen molar-refractivity contribution in [3.05, 3.63) is 0 Å². The van der Waals surface area contributed by atoms with Gasteiger partial charge in [0.05, 0.1) is 11.5 Å². The molecular formula is C11H20O2. The van der Waals surface area contributed by atoms with Crippen molar-refractivity contribution < 1.29 is 9.53 Å². The quantitative estimate of drug-likeness (QED) is 0.627. The van der Waals surface area contributed by atoms with Crippen molar-refractivity contribution in [2.24, 2.45) is 11.3 Å².